The number of aromatic nitrogens is 2. The molecule has 0 saturated carbocycles. The molecule has 0 saturated heterocycles. The summed E-state index contributed by atoms with van der Waals surface area (Å²) in [5.74, 6) is 1.76. The van der Waals surface area contributed by atoms with Crippen LogP contribution in [0.1, 0.15) is 21.8 Å². The highest BCUT2D eigenvalue weighted by Crippen LogP contribution is 2.12. The van der Waals surface area contributed by atoms with E-state index in [1.54, 1.807) is 23.8 Å². The molecular weight excluding hydrogens is 394 g/mol. The molecule has 154 valence electrons. The molecule has 0 bridgehead atoms. The van der Waals surface area contributed by atoms with Gasteiger partial charge in [0.2, 0.25) is 0 Å². The third-order valence-corrected chi connectivity index (χ3v) is 5.55. The lowest BCUT2D eigenvalue weighted by Gasteiger charge is -2.13. The summed E-state index contributed by atoms with van der Waals surface area (Å²) < 4.78 is 7.35. The van der Waals surface area contributed by atoms with Crippen LogP contribution in [0.4, 0.5) is 0 Å². The van der Waals surface area contributed by atoms with Crippen LogP contribution in [-0.2, 0) is 26.1 Å². The van der Waals surface area contributed by atoms with Crippen molar-refractivity contribution in [1.29, 1.82) is 0 Å². The van der Waals surface area contributed by atoms with Gasteiger partial charge in [0.25, 0.3) is 0 Å². The highest BCUT2D eigenvalue weighted by molar-refractivity contribution is 7.09. The number of furan rings is 1. The number of thiophene rings is 1. The standard InChI is InChI=1S/C23H25N5OS/c1-2-7-20(18-28-13-5-11-27-28)19(6-1)16-25-23(26-17-22-9-4-15-30-22)24-12-10-21-8-3-14-29-21/h1-9,11,13-15H,10,12,16-18H2,(H2,24,25,26). The van der Waals surface area contributed by atoms with Crippen molar-refractivity contribution in [2.24, 2.45) is 4.99 Å². The van der Waals surface area contributed by atoms with Gasteiger partial charge in [0.1, 0.15) is 5.76 Å². The number of hydrogen-bond donors (Lipinski definition) is 2. The fourth-order valence-electron chi connectivity index (χ4n) is 3.12. The number of aliphatic imine (C=N–C) groups is 1. The molecule has 3 heterocycles. The first-order chi connectivity index (χ1) is 14.9. The summed E-state index contributed by atoms with van der Waals surface area (Å²) in [6, 6.07) is 18.4. The summed E-state index contributed by atoms with van der Waals surface area (Å²) in [4.78, 5) is 6.11. The van der Waals surface area contributed by atoms with Gasteiger partial charge < -0.3 is 15.1 Å². The van der Waals surface area contributed by atoms with E-state index in [-0.39, 0.29) is 0 Å². The summed E-state index contributed by atoms with van der Waals surface area (Å²) >= 11 is 1.74. The maximum atomic E-state index is 5.42. The summed E-state index contributed by atoms with van der Waals surface area (Å²) in [5, 5.41) is 13.3. The average molecular weight is 420 g/mol. The number of hydrogen-bond acceptors (Lipinski definition) is 4. The maximum Gasteiger partial charge on any atom is 0.191 e. The number of guanidine groups is 1. The molecule has 3 aromatic heterocycles. The zero-order valence-corrected chi connectivity index (χ0v) is 17.5. The van der Waals surface area contributed by atoms with Crippen molar-refractivity contribution in [1.82, 2.24) is 20.4 Å². The van der Waals surface area contributed by atoms with Gasteiger partial charge >= 0.3 is 0 Å². The lowest BCUT2D eigenvalue weighted by molar-refractivity contribution is 0.506. The van der Waals surface area contributed by atoms with Gasteiger partial charge in [-0.25, -0.2) is 4.99 Å². The average Bonchev–Trinajstić information content (AvgIpc) is 3.55. The molecule has 0 aliphatic heterocycles. The van der Waals surface area contributed by atoms with Crippen molar-refractivity contribution >= 4 is 17.3 Å². The van der Waals surface area contributed by atoms with Crippen LogP contribution in [0.25, 0.3) is 0 Å². The highest BCUT2D eigenvalue weighted by atomic mass is 32.1. The molecule has 0 fully saturated rings. The third kappa shape index (κ3) is 5.84. The molecule has 4 aromatic rings. The number of rotatable bonds is 9. The minimum Gasteiger partial charge on any atom is -0.469 e. The van der Waals surface area contributed by atoms with E-state index in [1.807, 2.05) is 29.1 Å². The number of nitrogens with one attached hydrogen (secondary N) is 2. The number of nitrogens with zero attached hydrogens (tertiary/aromatic N) is 3. The van der Waals surface area contributed by atoms with Crippen LogP contribution in [0.5, 0.6) is 0 Å². The van der Waals surface area contributed by atoms with E-state index >= 15 is 0 Å². The van der Waals surface area contributed by atoms with Gasteiger partial charge in [0.15, 0.2) is 5.96 Å². The van der Waals surface area contributed by atoms with E-state index in [0.29, 0.717) is 6.54 Å². The molecule has 0 radical (unpaired) electrons. The SMILES string of the molecule is c1coc(CCNC(=NCc2ccccc2Cn2cccn2)NCc2cccs2)c1. The molecule has 1 aromatic carbocycles. The molecule has 6 nitrogen and oxygen atoms in total. The second-order valence-corrected chi connectivity index (χ2v) is 7.86. The van der Waals surface area contributed by atoms with Crippen molar-refractivity contribution in [3.05, 3.63) is 100 Å². The topological polar surface area (TPSA) is 67.4 Å². The van der Waals surface area contributed by atoms with Gasteiger partial charge in [-0.3, -0.25) is 4.68 Å². The van der Waals surface area contributed by atoms with E-state index in [4.69, 9.17) is 9.41 Å². The Balaban J connectivity index is 1.42. The van der Waals surface area contributed by atoms with Gasteiger partial charge in [-0.1, -0.05) is 30.3 Å². The van der Waals surface area contributed by atoms with Crippen LogP contribution in [0.15, 0.2) is 88.0 Å². The van der Waals surface area contributed by atoms with Gasteiger partial charge in [-0.15, -0.1) is 11.3 Å². The molecule has 0 spiro atoms. The second kappa shape index (κ2) is 10.5. The Labute approximate surface area is 180 Å². The van der Waals surface area contributed by atoms with E-state index in [1.165, 1.54) is 16.0 Å². The lowest BCUT2D eigenvalue weighted by atomic mass is 10.1. The summed E-state index contributed by atoms with van der Waals surface area (Å²) in [7, 11) is 0. The molecule has 0 aliphatic carbocycles. The quantitative estimate of drug-likeness (QED) is 0.317. The van der Waals surface area contributed by atoms with E-state index in [2.05, 4.69) is 57.5 Å². The van der Waals surface area contributed by atoms with Crippen molar-refractivity contribution < 1.29 is 4.42 Å². The van der Waals surface area contributed by atoms with Crippen LogP contribution in [-0.4, -0.2) is 22.3 Å². The molecule has 0 aliphatic rings. The van der Waals surface area contributed by atoms with Gasteiger partial charge in [0, 0.05) is 30.2 Å². The first kappa shape index (κ1) is 20.0. The molecule has 30 heavy (non-hydrogen) atoms. The van der Waals surface area contributed by atoms with Crippen LogP contribution in [0.2, 0.25) is 0 Å². The predicted molar refractivity (Wildman–Crippen MR) is 120 cm³/mol. The van der Waals surface area contributed by atoms with Crippen LogP contribution in [0, 0.1) is 0 Å². The fourth-order valence-corrected chi connectivity index (χ4v) is 3.76. The Kier molecular flexibility index (Phi) is 6.96. The third-order valence-electron chi connectivity index (χ3n) is 4.67. The smallest absolute Gasteiger partial charge is 0.191 e. The Hall–Kier alpha value is -3.32. The first-order valence-corrected chi connectivity index (χ1v) is 10.9. The highest BCUT2D eigenvalue weighted by Gasteiger charge is 2.05. The van der Waals surface area contributed by atoms with E-state index in [0.717, 1.165) is 37.8 Å². The van der Waals surface area contributed by atoms with E-state index in [9.17, 15) is 0 Å². The second-order valence-electron chi connectivity index (χ2n) is 6.83. The van der Waals surface area contributed by atoms with Crippen LogP contribution in [0.3, 0.4) is 0 Å². The van der Waals surface area contributed by atoms with Crippen molar-refractivity contribution in [3.63, 3.8) is 0 Å². The Morgan fingerprint density at radius 1 is 1.03 bits per heavy atom. The zero-order valence-electron chi connectivity index (χ0n) is 16.7. The normalized spacial score (nSPS) is 11.5. The molecule has 0 amide bonds. The van der Waals surface area contributed by atoms with Gasteiger partial charge in [0.05, 0.1) is 25.9 Å². The van der Waals surface area contributed by atoms with Crippen molar-refractivity contribution in [2.45, 2.75) is 26.1 Å². The molecule has 0 unspecified atom stereocenters. The molecule has 7 heteroatoms. The summed E-state index contributed by atoms with van der Waals surface area (Å²) in [6.45, 7) is 2.83. The molecule has 4 rings (SSSR count). The van der Waals surface area contributed by atoms with Crippen LogP contribution >= 0.6 is 11.3 Å². The van der Waals surface area contributed by atoms with E-state index < -0.39 is 0 Å². The maximum absolute atomic E-state index is 5.42. The zero-order chi connectivity index (χ0) is 20.4. The fraction of sp³-hybridized carbons (Fsp3) is 0.217. The monoisotopic (exact) mass is 419 g/mol. The van der Waals surface area contributed by atoms with Crippen LogP contribution < -0.4 is 10.6 Å². The Morgan fingerprint density at radius 3 is 2.73 bits per heavy atom. The molecule has 2 N–H and O–H groups in total. The number of benzene rings is 1. The minimum atomic E-state index is 0.595. The van der Waals surface area contributed by atoms with Gasteiger partial charge in [-0.2, -0.15) is 5.10 Å². The van der Waals surface area contributed by atoms with Crippen molar-refractivity contribution in [2.75, 3.05) is 6.54 Å². The van der Waals surface area contributed by atoms with Gasteiger partial charge in [-0.05, 0) is 40.8 Å². The molecule has 0 atom stereocenters. The largest absolute Gasteiger partial charge is 0.469 e. The Morgan fingerprint density at radius 2 is 1.97 bits per heavy atom. The first-order valence-electron chi connectivity index (χ1n) is 9.98. The summed E-state index contributed by atoms with van der Waals surface area (Å²) in [6.07, 6.45) is 6.29. The minimum absolute atomic E-state index is 0.595. The lowest BCUT2D eigenvalue weighted by Crippen LogP contribution is -2.38. The summed E-state index contributed by atoms with van der Waals surface area (Å²) in [5.41, 5.74) is 2.41. The van der Waals surface area contributed by atoms with Crippen molar-refractivity contribution in [3.8, 4) is 0 Å². The molecular formula is C23H25N5OS. The Bertz CT molecular complexity index is 1020. The predicted octanol–water partition coefficient (Wildman–Crippen LogP) is 4.06.